The zero-order chi connectivity index (χ0) is 9.84. The number of ether oxygens (including phenoxy) is 1. The van der Waals surface area contributed by atoms with Gasteiger partial charge in [0.2, 0.25) is 0 Å². The van der Waals surface area contributed by atoms with Gasteiger partial charge >= 0.3 is 5.97 Å². The third-order valence-electron chi connectivity index (χ3n) is 2.69. The summed E-state index contributed by atoms with van der Waals surface area (Å²) in [6.07, 6.45) is 5.26. The van der Waals surface area contributed by atoms with E-state index in [1.54, 1.807) is 0 Å². The van der Waals surface area contributed by atoms with E-state index in [4.69, 9.17) is 4.74 Å². The first kappa shape index (κ1) is 10.3. The van der Waals surface area contributed by atoms with E-state index in [0.29, 0.717) is 18.4 Å². The lowest BCUT2D eigenvalue weighted by Crippen LogP contribution is -2.31. The highest BCUT2D eigenvalue weighted by Crippen LogP contribution is 2.30. The molecule has 3 unspecified atom stereocenters. The molecule has 0 heterocycles. The number of esters is 1. The second-order valence-electron chi connectivity index (χ2n) is 3.78. The van der Waals surface area contributed by atoms with Gasteiger partial charge in [-0.25, -0.2) is 0 Å². The molecule has 0 saturated carbocycles. The van der Waals surface area contributed by atoms with Crippen LogP contribution >= 0.6 is 0 Å². The van der Waals surface area contributed by atoms with Gasteiger partial charge < -0.3 is 4.74 Å². The number of carbonyl (C=O) groups excluding carboxylic acids is 1. The molecule has 0 aliphatic heterocycles. The van der Waals surface area contributed by atoms with Crippen molar-refractivity contribution in [3.05, 3.63) is 12.2 Å². The Balaban J connectivity index is 2.65. The van der Waals surface area contributed by atoms with Crippen LogP contribution in [0.4, 0.5) is 0 Å². The number of hydrogen-bond acceptors (Lipinski definition) is 2. The van der Waals surface area contributed by atoms with Crippen molar-refractivity contribution < 1.29 is 9.53 Å². The van der Waals surface area contributed by atoms with Crippen molar-refractivity contribution in [2.75, 3.05) is 6.61 Å². The van der Waals surface area contributed by atoms with Gasteiger partial charge in [0.15, 0.2) is 0 Å². The first-order valence-electron chi connectivity index (χ1n) is 5.00. The summed E-state index contributed by atoms with van der Waals surface area (Å²) in [4.78, 5) is 11.6. The minimum Gasteiger partial charge on any atom is -0.466 e. The molecule has 2 heteroatoms. The maximum absolute atomic E-state index is 11.6. The van der Waals surface area contributed by atoms with E-state index in [-0.39, 0.29) is 11.9 Å². The predicted molar refractivity (Wildman–Crippen MR) is 52.2 cm³/mol. The highest BCUT2D eigenvalue weighted by molar-refractivity contribution is 5.73. The normalized spacial score (nSPS) is 33.0. The third kappa shape index (κ3) is 2.33. The molecule has 0 aromatic heterocycles. The van der Waals surface area contributed by atoms with Crippen LogP contribution in [0.1, 0.15) is 27.2 Å². The first-order chi connectivity index (χ1) is 6.16. The van der Waals surface area contributed by atoms with Crippen LogP contribution in [0, 0.1) is 17.8 Å². The van der Waals surface area contributed by atoms with E-state index < -0.39 is 0 Å². The van der Waals surface area contributed by atoms with E-state index >= 15 is 0 Å². The maximum atomic E-state index is 11.6. The molecule has 74 valence electrons. The molecule has 3 atom stereocenters. The fourth-order valence-corrected chi connectivity index (χ4v) is 1.98. The van der Waals surface area contributed by atoms with E-state index in [2.05, 4.69) is 26.0 Å². The van der Waals surface area contributed by atoms with Crippen molar-refractivity contribution in [2.45, 2.75) is 27.2 Å². The molecule has 0 N–H and O–H groups in total. The Morgan fingerprint density at radius 3 is 2.77 bits per heavy atom. The Kier molecular flexibility index (Phi) is 3.52. The summed E-state index contributed by atoms with van der Waals surface area (Å²) in [6.45, 7) is 6.53. The zero-order valence-electron chi connectivity index (χ0n) is 8.62. The Labute approximate surface area is 80.0 Å². The molecule has 0 aromatic carbocycles. The fourth-order valence-electron chi connectivity index (χ4n) is 1.98. The topological polar surface area (TPSA) is 26.3 Å². The molecule has 1 aliphatic carbocycles. The lowest BCUT2D eigenvalue weighted by atomic mass is 9.78. The second-order valence-corrected chi connectivity index (χ2v) is 3.78. The van der Waals surface area contributed by atoms with Crippen LogP contribution in [0.3, 0.4) is 0 Å². The molecule has 0 spiro atoms. The number of allylic oxidation sites excluding steroid dienone is 2. The van der Waals surface area contributed by atoms with Crippen LogP contribution in [0.2, 0.25) is 0 Å². The van der Waals surface area contributed by atoms with Crippen molar-refractivity contribution >= 4 is 5.97 Å². The average Bonchev–Trinajstić information content (AvgIpc) is 2.04. The molecule has 0 bridgehead atoms. The van der Waals surface area contributed by atoms with Crippen molar-refractivity contribution in [3.8, 4) is 0 Å². The van der Waals surface area contributed by atoms with Gasteiger partial charge in [-0.05, 0) is 25.2 Å². The van der Waals surface area contributed by atoms with Crippen LogP contribution in [-0.2, 0) is 9.53 Å². The molecule has 0 amide bonds. The summed E-state index contributed by atoms with van der Waals surface area (Å²) in [7, 11) is 0. The van der Waals surface area contributed by atoms with Gasteiger partial charge in [-0.1, -0.05) is 26.0 Å². The highest BCUT2D eigenvalue weighted by Gasteiger charge is 2.31. The Morgan fingerprint density at radius 2 is 2.23 bits per heavy atom. The Hall–Kier alpha value is -0.790. The molecule has 13 heavy (non-hydrogen) atoms. The van der Waals surface area contributed by atoms with Crippen molar-refractivity contribution in [1.82, 2.24) is 0 Å². The SMILES string of the molecule is CCOC(=O)C1C(C)C=CCC1C. The summed E-state index contributed by atoms with van der Waals surface area (Å²) in [5.41, 5.74) is 0. The highest BCUT2D eigenvalue weighted by atomic mass is 16.5. The summed E-state index contributed by atoms with van der Waals surface area (Å²) in [5.74, 6) is 0.763. The zero-order valence-corrected chi connectivity index (χ0v) is 8.62. The van der Waals surface area contributed by atoms with Crippen molar-refractivity contribution in [2.24, 2.45) is 17.8 Å². The van der Waals surface area contributed by atoms with Gasteiger partial charge in [0, 0.05) is 0 Å². The minimum atomic E-state index is -0.0353. The van der Waals surface area contributed by atoms with Crippen molar-refractivity contribution in [1.29, 1.82) is 0 Å². The molecule has 2 nitrogen and oxygen atoms in total. The first-order valence-corrected chi connectivity index (χ1v) is 5.00. The third-order valence-corrected chi connectivity index (χ3v) is 2.69. The van der Waals surface area contributed by atoms with Gasteiger partial charge in [-0.2, -0.15) is 0 Å². The standard InChI is InChI=1S/C11H18O2/c1-4-13-11(12)10-8(2)6-5-7-9(10)3/h5-6,8-10H,4,7H2,1-3H3. The van der Waals surface area contributed by atoms with Crippen LogP contribution in [0.15, 0.2) is 12.2 Å². The van der Waals surface area contributed by atoms with Crippen molar-refractivity contribution in [3.63, 3.8) is 0 Å². The smallest absolute Gasteiger partial charge is 0.309 e. The van der Waals surface area contributed by atoms with Gasteiger partial charge in [-0.3, -0.25) is 4.79 Å². The summed E-state index contributed by atoms with van der Waals surface area (Å²) >= 11 is 0. The number of carbonyl (C=O) groups is 1. The van der Waals surface area contributed by atoms with E-state index in [1.807, 2.05) is 6.92 Å². The van der Waals surface area contributed by atoms with Crippen LogP contribution < -0.4 is 0 Å². The van der Waals surface area contributed by atoms with E-state index in [0.717, 1.165) is 6.42 Å². The molecular formula is C11H18O2. The fraction of sp³-hybridized carbons (Fsp3) is 0.727. The summed E-state index contributed by atoms with van der Waals surface area (Å²) in [6, 6.07) is 0. The van der Waals surface area contributed by atoms with Crippen LogP contribution in [0.25, 0.3) is 0 Å². The molecule has 1 aliphatic rings. The lowest BCUT2D eigenvalue weighted by molar-refractivity contribution is -0.151. The molecule has 0 fully saturated rings. The number of rotatable bonds is 2. The lowest BCUT2D eigenvalue weighted by Gasteiger charge is -2.28. The Bertz CT molecular complexity index is 208. The van der Waals surface area contributed by atoms with E-state index in [9.17, 15) is 4.79 Å². The summed E-state index contributed by atoms with van der Waals surface area (Å²) < 4.78 is 5.05. The molecule has 0 radical (unpaired) electrons. The average molecular weight is 182 g/mol. The molecular weight excluding hydrogens is 164 g/mol. The molecule has 0 aromatic rings. The quantitative estimate of drug-likeness (QED) is 0.484. The van der Waals surface area contributed by atoms with Crippen LogP contribution in [-0.4, -0.2) is 12.6 Å². The van der Waals surface area contributed by atoms with Gasteiger partial charge in [0.05, 0.1) is 12.5 Å². The second kappa shape index (κ2) is 4.45. The van der Waals surface area contributed by atoms with Gasteiger partial charge in [-0.15, -0.1) is 0 Å². The van der Waals surface area contributed by atoms with Gasteiger partial charge in [0.25, 0.3) is 0 Å². The Morgan fingerprint density at radius 1 is 1.54 bits per heavy atom. The minimum absolute atomic E-state index is 0.0353. The molecule has 1 rings (SSSR count). The molecule has 0 saturated heterocycles. The largest absolute Gasteiger partial charge is 0.466 e. The van der Waals surface area contributed by atoms with Gasteiger partial charge in [0.1, 0.15) is 0 Å². The number of hydrogen-bond donors (Lipinski definition) is 0. The predicted octanol–water partition coefficient (Wildman–Crippen LogP) is 2.40. The van der Waals surface area contributed by atoms with Crippen LogP contribution in [0.5, 0.6) is 0 Å². The maximum Gasteiger partial charge on any atom is 0.309 e. The monoisotopic (exact) mass is 182 g/mol. The summed E-state index contributed by atoms with van der Waals surface area (Å²) in [5, 5.41) is 0. The van der Waals surface area contributed by atoms with E-state index in [1.165, 1.54) is 0 Å².